The normalized spacial score (nSPS) is 11.8. The summed E-state index contributed by atoms with van der Waals surface area (Å²) in [6.45, 7) is 0.446. The molecule has 7 nitrogen and oxygen atoms in total. The van der Waals surface area contributed by atoms with Crippen LogP contribution in [0, 0.1) is 10.1 Å². The van der Waals surface area contributed by atoms with Crippen LogP contribution < -0.4 is 11.1 Å². The van der Waals surface area contributed by atoms with Crippen LogP contribution in [0.1, 0.15) is 11.6 Å². The molecule has 2 rings (SSSR count). The molecule has 0 aliphatic carbocycles. The lowest BCUT2D eigenvalue weighted by atomic mass is 10.1. The topological polar surface area (TPSA) is 107 Å². The van der Waals surface area contributed by atoms with E-state index in [2.05, 4.69) is 15.3 Å². The molecule has 3 N–H and O–H groups in total. The van der Waals surface area contributed by atoms with Gasteiger partial charge in [-0.2, -0.15) is 0 Å². The van der Waals surface area contributed by atoms with Gasteiger partial charge in [0.15, 0.2) is 0 Å². The second-order valence-corrected chi connectivity index (χ2v) is 3.92. The highest BCUT2D eigenvalue weighted by Gasteiger charge is 2.08. The van der Waals surface area contributed by atoms with E-state index < -0.39 is 4.92 Å². The first-order chi connectivity index (χ1) is 9.16. The number of nitrogens with one attached hydrogen (secondary N) is 1. The summed E-state index contributed by atoms with van der Waals surface area (Å²) < 4.78 is 0. The summed E-state index contributed by atoms with van der Waals surface area (Å²) in [6.07, 6.45) is 2.31. The molecule has 1 unspecified atom stereocenters. The first-order valence-electron chi connectivity index (χ1n) is 5.67. The number of anilines is 1. The molecule has 0 saturated heterocycles. The van der Waals surface area contributed by atoms with Crippen molar-refractivity contribution >= 4 is 11.6 Å². The second-order valence-electron chi connectivity index (χ2n) is 3.92. The van der Waals surface area contributed by atoms with Crippen molar-refractivity contribution in [2.45, 2.75) is 6.04 Å². The molecule has 0 aliphatic heterocycles. The van der Waals surface area contributed by atoms with E-state index in [-0.39, 0.29) is 11.7 Å². The van der Waals surface area contributed by atoms with Gasteiger partial charge in [0.1, 0.15) is 12.4 Å². The van der Waals surface area contributed by atoms with Crippen LogP contribution in [-0.2, 0) is 0 Å². The Morgan fingerprint density at radius 1 is 1.26 bits per heavy atom. The van der Waals surface area contributed by atoms with E-state index in [4.69, 9.17) is 5.73 Å². The first-order valence-corrected chi connectivity index (χ1v) is 5.67. The smallest absolute Gasteiger partial charge is 0.305 e. The van der Waals surface area contributed by atoms with Crippen LogP contribution in [0.15, 0.2) is 42.7 Å². The maximum atomic E-state index is 10.4. The Hall–Kier alpha value is -2.54. The summed E-state index contributed by atoms with van der Waals surface area (Å²) in [5.74, 6) is 0.317. The fourth-order valence-electron chi connectivity index (χ4n) is 1.53. The molecule has 0 amide bonds. The van der Waals surface area contributed by atoms with Crippen molar-refractivity contribution in [3.8, 4) is 0 Å². The Kier molecular flexibility index (Phi) is 3.99. The van der Waals surface area contributed by atoms with E-state index in [1.807, 2.05) is 30.3 Å². The van der Waals surface area contributed by atoms with E-state index in [1.54, 1.807) is 0 Å². The fourth-order valence-corrected chi connectivity index (χ4v) is 1.53. The number of aromatic nitrogens is 2. The van der Waals surface area contributed by atoms with Crippen LogP contribution in [0.5, 0.6) is 0 Å². The van der Waals surface area contributed by atoms with Crippen LogP contribution in [0.25, 0.3) is 0 Å². The number of hydrogen-bond donors (Lipinski definition) is 2. The van der Waals surface area contributed by atoms with Crippen LogP contribution in [0.2, 0.25) is 0 Å². The lowest BCUT2D eigenvalue weighted by Gasteiger charge is -2.12. The molecule has 7 heteroatoms. The highest BCUT2D eigenvalue weighted by molar-refractivity contribution is 5.31. The minimum absolute atomic E-state index is 0.141. The molecule has 1 aromatic carbocycles. The number of nitrogens with two attached hydrogens (primary N) is 1. The van der Waals surface area contributed by atoms with Crippen molar-refractivity contribution in [3.05, 3.63) is 58.4 Å². The van der Waals surface area contributed by atoms with Crippen LogP contribution in [0.4, 0.5) is 11.6 Å². The third-order valence-corrected chi connectivity index (χ3v) is 2.56. The van der Waals surface area contributed by atoms with Crippen LogP contribution in [-0.4, -0.2) is 21.4 Å². The average Bonchev–Trinajstić information content (AvgIpc) is 2.46. The maximum absolute atomic E-state index is 10.4. The van der Waals surface area contributed by atoms with Crippen molar-refractivity contribution in [2.75, 3.05) is 11.9 Å². The minimum Gasteiger partial charge on any atom is -0.352 e. The first kappa shape index (κ1) is 12.9. The highest BCUT2D eigenvalue weighted by atomic mass is 16.6. The van der Waals surface area contributed by atoms with Gasteiger partial charge < -0.3 is 11.1 Å². The number of nitro groups is 1. The number of nitrogens with zero attached hydrogens (tertiary/aromatic N) is 3. The molecular weight excluding hydrogens is 246 g/mol. The standard InChI is InChI=1S/C12H13N5O2/c13-11(9-4-2-1-3-5-9)8-16-12-14-6-10(7-15-12)17(18)19/h1-7,11H,8,13H2,(H,14,15,16). The average molecular weight is 259 g/mol. The molecule has 0 fully saturated rings. The van der Waals surface area contributed by atoms with Gasteiger partial charge in [-0.05, 0) is 5.56 Å². The molecule has 0 radical (unpaired) electrons. The third-order valence-electron chi connectivity index (χ3n) is 2.56. The van der Waals surface area contributed by atoms with E-state index >= 15 is 0 Å². The molecule has 1 atom stereocenters. The highest BCUT2D eigenvalue weighted by Crippen LogP contribution is 2.11. The Balaban J connectivity index is 1.93. The quantitative estimate of drug-likeness (QED) is 0.622. The molecule has 19 heavy (non-hydrogen) atoms. The number of benzene rings is 1. The van der Waals surface area contributed by atoms with Gasteiger partial charge in [0, 0.05) is 12.6 Å². The van der Waals surface area contributed by atoms with Crippen LogP contribution >= 0.6 is 0 Å². The Morgan fingerprint density at radius 2 is 1.89 bits per heavy atom. The number of hydrogen-bond acceptors (Lipinski definition) is 6. The van der Waals surface area contributed by atoms with Gasteiger partial charge in [-0.1, -0.05) is 30.3 Å². The minimum atomic E-state index is -0.542. The molecule has 1 aromatic heterocycles. The van der Waals surface area contributed by atoms with Gasteiger partial charge in [0.05, 0.1) is 4.92 Å². The summed E-state index contributed by atoms with van der Waals surface area (Å²) >= 11 is 0. The zero-order valence-electron chi connectivity index (χ0n) is 10.1. The van der Waals surface area contributed by atoms with Crippen molar-refractivity contribution in [1.29, 1.82) is 0 Å². The largest absolute Gasteiger partial charge is 0.352 e. The van der Waals surface area contributed by atoms with Gasteiger partial charge >= 0.3 is 5.69 Å². The molecular formula is C12H13N5O2. The summed E-state index contributed by atoms with van der Waals surface area (Å²) in [5, 5.41) is 13.4. The van der Waals surface area contributed by atoms with Crippen LogP contribution in [0.3, 0.4) is 0 Å². The summed E-state index contributed by atoms with van der Waals surface area (Å²) in [7, 11) is 0. The third kappa shape index (κ3) is 3.46. The lowest BCUT2D eigenvalue weighted by Crippen LogP contribution is -2.21. The monoisotopic (exact) mass is 259 g/mol. The lowest BCUT2D eigenvalue weighted by molar-refractivity contribution is -0.385. The Bertz CT molecular complexity index is 544. The molecule has 0 saturated carbocycles. The van der Waals surface area contributed by atoms with E-state index in [0.717, 1.165) is 18.0 Å². The fraction of sp³-hybridized carbons (Fsp3) is 0.167. The van der Waals surface area contributed by atoms with Gasteiger partial charge in [-0.15, -0.1) is 0 Å². The summed E-state index contributed by atoms with van der Waals surface area (Å²) in [5.41, 5.74) is 6.85. The SMILES string of the molecule is NC(CNc1ncc([N+](=O)[O-])cn1)c1ccccc1. The molecule has 98 valence electrons. The Labute approximate surface area is 109 Å². The van der Waals surface area contributed by atoms with Gasteiger partial charge in [-0.25, -0.2) is 9.97 Å². The van der Waals surface area contributed by atoms with Crippen molar-refractivity contribution in [2.24, 2.45) is 5.73 Å². The zero-order chi connectivity index (χ0) is 13.7. The van der Waals surface area contributed by atoms with E-state index in [0.29, 0.717) is 12.5 Å². The summed E-state index contributed by atoms with van der Waals surface area (Å²) in [6, 6.07) is 9.42. The van der Waals surface area contributed by atoms with Crippen molar-refractivity contribution in [3.63, 3.8) is 0 Å². The predicted octanol–water partition coefficient (Wildman–Crippen LogP) is 1.50. The van der Waals surface area contributed by atoms with Crippen molar-refractivity contribution in [1.82, 2.24) is 9.97 Å². The second kappa shape index (κ2) is 5.87. The molecule has 1 heterocycles. The molecule has 2 aromatic rings. The van der Waals surface area contributed by atoms with Gasteiger partial charge in [0.2, 0.25) is 5.95 Å². The predicted molar refractivity (Wildman–Crippen MR) is 70.5 cm³/mol. The van der Waals surface area contributed by atoms with E-state index in [9.17, 15) is 10.1 Å². The maximum Gasteiger partial charge on any atom is 0.305 e. The van der Waals surface area contributed by atoms with Gasteiger partial charge in [0.25, 0.3) is 0 Å². The Morgan fingerprint density at radius 3 is 2.47 bits per heavy atom. The zero-order valence-corrected chi connectivity index (χ0v) is 10.1. The molecule has 0 aliphatic rings. The summed E-state index contributed by atoms with van der Waals surface area (Å²) in [4.78, 5) is 17.6. The molecule has 0 bridgehead atoms. The van der Waals surface area contributed by atoms with E-state index in [1.165, 1.54) is 0 Å². The number of rotatable bonds is 5. The molecule has 0 spiro atoms. The van der Waals surface area contributed by atoms with Crippen molar-refractivity contribution < 1.29 is 4.92 Å². The van der Waals surface area contributed by atoms with Gasteiger partial charge in [-0.3, -0.25) is 10.1 Å².